The highest BCUT2D eigenvalue weighted by Gasteiger charge is 2.20. The summed E-state index contributed by atoms with van der Waals surface area (Å²) in [7, 11) is 0. The normalized spacial score (nSPS) is 14.0. The molecule has 2 aromatic rings. The van der Waals surface area contributed by atoms with Gasteiger partial charge in [-0.15, -0.1) is 0 Å². The number of nitrogens with one attached hydrogen (secondary N) is 2. The number of H-pyrrole nitrogens is 1. The SMILES string of the molecule is C[C@@H](Nc1ncnc2[nH]ccc12)C(C)(C)C. The summed E-state index contributed by atoms with van der Waals surface area (Å²) in [6, 6.07) is 2.34. The summed E-state index contributed by atoms with van der Waals surface area (Å²) in [6.45, 7) is 8.79. The van der Waals surface area contributed by atoms with E-state index in [2.05, 4.69) is 48.0 Å². The highest BCUT2D eigenvalue weighted by Crippen LogP contribution is 2.25. The molecule has 4 nitrogen and oxygen atoms in total. The summed E-state index contributed by atoms with van der Waals surface area (Å²) in [5.41, 5.74) is 1.08. The minimum Gasteiger partial charge on any atom is -0.366 e. The van der Waals surface area contributed by atoms with E-state index in [0.717, 1.165) is 16.9 Å². The van der Waals surface area contributed by atoms with Gasteiger partial charge in [0, 0.05) is 12.2 Å². The summed E-state index contributed by atoms with van der Waals surface area (Å²) >= 11 is 0. The Labute approximate surface area is 95.5 Å². The Balaban J connectivity index is 2.31. The summed E-state index contributed by atoms with van der Waals surface area (Å²) in [6.07, 6.45) is 3.46. The van der Waals surface area contributed by atoms with Gasteiger partial charge >= 0.3 is 0 Å². The molecule has 0 aromatic carbocycles. The fourth-order valence-electron chi connectivity index (χ4n) is 1.41. The van der Waals surface area contributed by atoms with Crippen LogP contribution in [0, 0.1) is 5.41 Å². The molecule has 0 amide bonds. The number of nitrogens with zero attached hydrogens (tertiary/aromatic N) is 2. The molecule has 2 N–H and O–H groups in total. The summed E-state index contributed by atoms with van der Waals surface area (Å²) in [5, 5.41) is 4.48. The summed E-state index contributed by atoms with van der Waals surface area (Å²) in [5.74, 6) is 0.897. The van der Waals surface area contributed by atoms with Gasteiger partial charge in [0.25, 0.3) is 0 Å². The molecule has 0 aliphatic heterocycles. The van der Waals surface area contributed by atoms with E-state index in [-0.39, 0.29) is 5.41 Å². The zero-order chi connectivity index (χ0) is 11.8. The zero-order valence-electron chi connectivity index (χ0n) is 10.2. The van der Waals surface area contributed by atoms with Crippen LogP contribution in [0.4, 0.5) is 5.82 Å². The first-order valence-electron chi connectivity index (χ1n) is 5.53. The minimum atomic E-state index is 0.202. The monoisotopic (exact) mass is 218 g/mol. The second-order valence-electron chi connectivity index (χ2n) is 5.19. The molecule has 2 aromatic heterocycles. The molecule has 0 bridgehead atoms. The van der Waals surface area contributed by atoms with Crippen LogP contribution in [0.1, 0.15) is 27.7 Å². The van der Waals surface area contributed by atoms with Gasteiger partial charge in [-0.1, -0.05) is 20.8 Å². The molecule has 0 saturated heterocycles. The van der Waals surface area contributed by atoms with Crippen LogP contribution in [-0.4, -0.2) is 21.0 Å². The van der Waals surface area contributed by atoms with Gasteiger partial charge in [0.15, 0.2) is 0 Å². The van der Waals surface area contributed by atoms with Gasteiger partial charge in [-0.2, -0.15) is 0 Å². The van der Waals surface area contributed by atoms with Crippen molar-refractivity contribution in [1.29, 1.82) is 0 Å². The first-order chi connectivity index (χ1) is 7.48. The standard InChI is InChI=1S/C12H18N4/c1-8(12(2,3)4)16-11-9-5-6-13-10(9)14-7-15-11/h5-8H,1-4H3,(H2,13,14,15,16)/t8-/m1/s1. The molecular formula is C12H18N4. The summed E-state index contributed by atoms with van der Waals surface area (Å²) < 4.78 is 0. The Kier molecular flexibility index (Phi) is 2.58. The number of anilines is 1. The van der Waals surface area contributed by atoms with Crippen LogP contribution in [0.25, 0.3) is 11.0 Å². The van der Waals surface area contributed by atoms with Crippen molar-refractivity contribution in [2.75, 3.05) is 5.32 Å². The zero-order valence-corrected chi connectivity index (χ0v) is 10.2. The van der Waals surface area contributed by atoms with Crippen LogP contribution in [0.15, 0.2) is 18.6 Å². The first kappa shape index (κ1) is 10.9. The minimum absolute atomic E-state index is 0.202. The molecule has 0 spiro atoms. The third-order valence-corrected chi connectivity index (χ3v) is 3.01. The van der Waals surface area contributed by atoms with Crippen molar-refractivity contribution in [3.05, 3.63) is 18.6 Å². The molecule has 1 atom stereocenters. The molecule has 16 heavy (non-hydrogen) atoms. The van der Waals surface area contributed by atoms with Gasteiger partial charge in [-0.3, -0.25) is 0 Å². The fourth-order valence-corrected chi connectivity index (χ4v) is 1.41. The lowest BCUT2D eigenvalue weighted by Crippen LogP contribution is -2.31. The predicted molar refractivity (Wildman–Crippen MR) is 66.4 cm³/mol. The molecule has 0 fully saturated rings. The molecular weight excluding hydrogens is 200 g/mol. The number of hydrogen-bond donors (Lipinski definition) is 2. The Morgan fingerprint density at radius 1 is 1.31 bits per heavy atom. The van der Waals surface area contributed by atoms with E-state index in [0.29, 0.717) is 6.04 Å². The van der Waals surface area contributed by atoms with E-state index in [1.165, 1.54) is 0 Å². The lowest BCUT2D eigenvalue weighted by molar-refractivity contribution is 0.359. The number of rotatable bonds is 2. The van der Waals surface area contributed by atoms with Crippen molar-refractivity contribution < 1.29 is 0 Å². The number of hydrogen-bond acceptors (Lipinski definition) is 3. The highest BCUT2D eigenvalue weighted by molar-refractivity contribution is 5.86. The largest absolute Gasteiger partial charge is 0.366 e. The quantitative estimate of drug-likeness (QED) is 0.815. The lowest BCUT2D eigenvalue weighted by atomic mass is 9.88. The van der Waals surface area contributed by atoms with Crippen LogP contribution in [-0.2, 0) is 0 Å². The van der Waals surface area contributed by atoms with Crippen LogP contribution in [0.3, 0.4) is 0 Å². The molecule has 2 rings (SSSR count). The number of aromatic amines is 1. The van der Waals surface area contributed by atoms with Crippen LogP contribution >= 0.6 is 0 Å². The molecule has 4 heteroatoms. The number of fused-ring (bicyclic) bond motifs is 1. The third-order valence-electron chi connectivity index (χ3n) is 3.01. The van der Waals surface area contributed by atoms with Crippen molar-refractivity contribution in [1.82, 2.24) is 15.0 Å². The average Bonchev–Trinajstić information content (AvgIpc) is 2.65. The van der Waals surface area contributed by atoms with Crippen LogP contribution in [0.2, 0.25) is 0 Å². The number of aromatic nitrogens is 3. The Morgan fingerprint density at radius 2 is 2.06 bits per heavy atom. The maximum atomic E-state index is 4.29. The van der Waals surface area contributed by atoms with Gasteiger partial charge < -0.3 is 10.3 Å². The maximum absolute atomic E-state index is 4.29. The first-order valence-corrected chi connectivity index (χ1v) is 5.53. The van der Waals surface area contributed by atoms with Crippen molar-refractivity contribution in [3.63, 3.8) is 0 Å². The molecule has 0 saturated carbocycles. The van der Waals surface area contributed by atoms with E-state index >= 15 is 0 Å². The van der Waals surface area contributed by atoms with Crippen LogP contribution in [0.5, 0.6) is 0 Å². The Morgan fingerprint density at radius 3 is 2.75 bits per heavy atom. The molecule has 0 aliphatic carbocycles. The van der Waals surface area contributed by atoms with E-state index in [9.17, 15) is 0 Å². The predicted octanol–water partition coefficient (Wildman–Crippen LogP) is 2.80. The van der Waals surface area contributed by atoms with E-state index in [1.807, 2.05) is 12.3 Å². The van der Waals surface area contributed by atoms with Gasteiger partial charge in [0.05, 0.1) is 5.39 Å². The fraction of sp³-hybridized carbons (Fsp3) is 0.500. The molecule has 86 valence electrons. The second-order valence-corrected chi connectivity index (χ2v) is 5.19. The third kappa shape index (κ3) is 2.01. The molecule has 0 unspecified atom stereocenters. The van der Waals surface area contributed by atoms with Gasteiger partial charge in [0.1, 0.15) is 17.8 Å². The van der Waals surface area contributed by atoms with E-state index < -0.39 is 0 Å². The van der Waals surface area contributed by atoms with Crippen molar-refractivity contribution >= 4 is 16.9 Å². The van der Waals surface area contributed by atoms with Crippen molar-refractivity contribution in [2.24, 2.45) is 5.41 Å². The van der Waals surface area contributed by atoms with Gasteiger partial charge in [-0.05, 0) is 18.4 Å². The average molecular weight is 218 g/mol. The lowest BCUT2D eigenvalue weighted by Gasteiger charge is -2.28. The molecule has 0 aliphatic rings. The maximum Gasteiger partial charge on any atom is 0.142 e. The van der Waals surface area contributed by atoms with E-state index in [4.69, 9.17) is 0 Å². The van der Waals surface area contributed by atoms with Gasteiger partial charge in [-0.25, -0.2) is 9.97 Å². The smallest absolute Gasteiger partial charge is 0.142 e. The topological polar surface area (TPSA) is 53.6 Å². The molecule has 0 radical (unpaired) electrons. The second kappa shape index (κ2) is 3.77. The van der Waals surface area contributed by atoms with Crippen LogP contribution < -0.4 is 5.32 Å². The highest BCUT2D eigenvalue weighted by atomic mass is 15.1. The van der Waals surface area contributed by atoms with Crippen molar-refractivity contribution in [2.45, 2.75) is 33.7 Å². The Bertz CT molecular complexity index is 481. The van der Waals surface area contributed by atoms with Gasteiger partial charge in [0.2, 0.25) is 0 Å². The van der Waals surface area contributed by atoms with E-state index in [1.54, 1.807) is 6.33 Å². The molecule has 2 heterocycles. The van der Waals surface area contributed by atoms with Crippen molar-refractivity contribution in [3.8, 4) is 0 Å². The Hall–Kier alpha value is -1.58. The summed E-state index contributed by atoms with van der Waals surface area (Å²) in [4.78, 5) is 11.5.